The molecule has 0 bridgehead atoms. The third-order valence-corrected chi connectivity index (χ3v) is 6.53. The van der Waals surface area contributed by atoms with Crippen LogP contribution in [0.4, 0.5) is 0 Å². The van der Waals surface area contributed by atoms with Gasteiger partial charge in [0.1, 0.15) is 4.83 Å². The van der Waals surface area contributed by atoms with Gasteiger partial charge in [0.25, 0.3) is 0 Å². The Labute approximate surface area is 141 Å². The molecule has 22 heavy (non-hydrogen) atoms. The lowest BCUT2D eigenvalue weighted by Gasteiger charge is -2.01. The Hall–Kier alpha value is -0.800. The van der Waals surface area contributed by atoms with Crippen LogP contribution in [0.1, 0.15) is 69.6 Å². The summed E-state index contributed by atoms with van der Waals surface area (Å²) in [4.78, 5) is 6.42. The monoisotopic (exact) mass is 333 g/mol. The fourth-order valence-electron chi connectivity index (χ4n) is 3.18. The van der Waals surface area contributed by atoms with Crippen molar-refractivity contribution in [2.24, 2.45) is 0 Å². The van der Waals surface area contributed by atoms with Gasteiger partial charge in [-0.2, -0.15) is 0 Å². The van der Waals surface area contributed by atoms with E-state index in [0.717, 1.165) is 0 Å². The summed E-state index contributed by atoms with van der Waals surface area (Å²) in [5.74, 6) is 0. The third-order valence-electron chi connectivity index (χ3n) is 4.47. The minimum absolute atomic E-state index is 1.26. The third kappa shape index (κ3) is 3.94. The Morgan fingerprint density at radius 2 is 1.68 bits per heavy atom. The van der Waals surface area contributed by atoms with Gasteiger partial charge in [0.2, 0.25) is 0 Å². The lowest BCUT2D eigenvalue weighted by molar-refractivity contribution is 0.565. The molecule has 1 N–H and O–H groups in total. The first kappa shape index (κ1) is 16.1. The highest BCUT2D eigenvalue weighted by Gasteiger charge is 2.09. The van der Waals surface area contributed by atoms with Crippen LogP contribution in [-0.4, -0.2) is 4.98 Å². The molecule has 3 rings (SSSR count). The number of aromatic amines is 1. The number of aromatic nitrogens is 1. The lowest BCUT2D eigenvalue weighted by Crippen LogP contribution is -1.83. The molecule has 3 heterocycles. The molecule has 0 aliphatic rings. The fraction of sp³-hybridized carbons (Fsp3) is 0.579. The standard InChI is InChI=1S/C19H27NS2/c1-2-3-4-5-6-7-8-9-10-11-15-14-17-18(22-15)16-12-13-21-19(16)20-17/h12-14,20H,2-11H2,1H3. The summed E-state index contributed by atoms with van der Waals surface area (Å²) in [5, 5.41) is 3.60. The maximum atomic E-state index is 3.54. The molecule has 0 saturated heterocycles. The van der Waals surface area contributed by atoms with Crippen LogP contribution in [0.2, 0.25) is 0 Å². The molecule has 3 aromatic heterocycles. The Bertz CT molecular complexity index is 689. The molecule has 0 saturated carbocycles. The Morgan fingerprint density at radius 3 is 2.45 bits per heavy atom. The quantitative estimate of drug-likeness (QED) is 0.369. The highest BCUT2D eigenvalue weighted by Crippen LogP contribution is 2.35. The molecule has 1 nitrogen and oxygen atoms in total. The Morgan fingerprint density at radius 1 is 0.955 bits per heavy atom. The summed E-state index contributed by atoms with van der Waals surface area (Å²) < 4.78 is 1.46. The van der Waals surface area contributed by atoms with Crippen molar-refractivity contribution in [1.82, 2.24) is 4.98 Å². The minimum atomic E-state index is 1.26. The van der Waals surface area contributed by atoms with Gasteiger partial charge in [0.15, 0.2) is 0 Å². The summed E-state index contributed by atoms with van der Waals surface area (Å²) in [7, 11) is 0. The number of unbranched alkanes of at least 4 members (excludes halogenated alkanes) is 8. The number of hydrogen-bond acceptors (Lipinski definition) is 2. The van der Waals surface area contributed by atoms with E-state index in [4.69, 9.17) is 0 Å². The van der Waals surface area contributed by atoms with Crippen LogP contribution in [0.5, 0.6) is 0 Å². The molecule has 0 aliphatic heterocycles. The maximum absolute atomic E-state index is 3.54. The average molecular weight is 334 g/mol. The van der Waals surface area contributed by atoms with Crippen LogP contribution >= 0.6 is 22.7 Å². The largest absolute Gasteiger partial charge is 0.346 e. The van der Waals surface area contributed by atoms with Crippen LogP contribution < -0.4 is 0 Å². The predicted molar refractivity (Wildman–Crippen MR) is 102 cm³/mol. The van der Waals surface area contributed by atoms with Crippen molar-refractivity contribution in [1.29, 1.82) is 0 Å². The van der Waals surface area contributed by atoms with Gasteiger partial charge in [-0.25, -0.2) is 0 Å². The van der Waals surface area contributed by atoms with E-state index in [1.54, 1.807) is 4.88 Å². The van der Waals surface area contributed by atoms with Crippen molar-refractivity contribution >= 4 is 43.1 Å². The van der Waals surface area contributed by atoms with Crippen LogP contribution in [0.15, 0.2) is 17.5 Å². The molecule has 0 fully saturated rings. The van der Waals surface area contributed by atoms with Gasteiger partial charge >= 0.3 is 0 Å². The van der Waals surface area contributed by atoms with E-state index < -0.39 is 0 Å². The van der Waals surface area contributed by atoms with Gasteiger partial charge in [-0.1, -0.05) is 58.3 Å². The summed E-state index contributed by atoms with van der Waals surface area (Å²) in [6.07, 6.45) is 14.0. The smallest absolute Gasteiger partial charge is 0.102 e. The lowest BCUT2D eigenvalue weighted by atomic mass is 10.1. The van der Waals surface area contributed by atoms with E-state index >= 15 is 0 Å². The second-order valence-corrected chi connectivity index (χ2v) is 8.38. The molecular weight excluding hydrogens is 306 g/mol. The molecule has 0 unspecified atom stereocenters. The number of hydrogen-bond donors (Lipinski definition) is 1. The van der Waals surface area contributed by atoms with Gasteiger partial charge < -0.3 is 4.98 Å². The number of aryl methyl sites for hydroxylation is 1. The van der Waals surface area contributed by atoms with Crippen LogP contribution in [0.25, 0.3) is 20.4 Å². The van der Waals surface area contributed by atoms with Crippen molar-refractivity contribution < 1.29 is 0 Å². The summed E-state index contributed by atoms with van der Waals surface area (Å²) >= 11 is 3.80. The molecular formula is C19H27NS2. The Balaban J connectivity index is 1.36. The highest BCUT2D eigenvalue weighted by molar-refractivity contribution is 7.22. The van der Waals surface area contributed by atoms with Crippen molar-refractivity contribution in [3.05, 3.63) is 22.4 Å². The summed E-state index contributed by atoms with van der Waals surface area (Å²) in [6.45, 7) is 2.29. The van der Waals surface area contributed by atoms with Crippen molar-refractivity contribution in [2.45, 2.75) is 71.1 Å². The molecule has 0 aromatic carbocycles. The summed E-state index contributed by atoms with van der Waals surface area (Å²) in [5.41, 5.74) is 1.35. The number of H-pyrrole nitrogens is 1. The fourth-order valence-corrected chi connectivity index (χ4v) is 5.23. The maximum Gasteiger partial charge on any atom is 0.102 e. The van der Waals surface area contributed by atoms with Crippen molar-refractivity contribution in [3.63, 3.8) is 0 Å². The van der Waals surface area contributed by atoms with Crippen LogP contribution in [0, 0.1) is 0 Å². The number of nitrogens with one attached hydrogen (secondary N) is 1. The van der Waals surface area contributed by atoms with Gasteiger partial charge in [-0.05, 0) is 30.4 Å². The molecule has 0 spiro atoms. The number of rotatable bonds is 10. The van der Waals surface area contributed by atoms with Crippen molar-refractivity contribution in [3.8, 4) is 0 Å². The van der Waals surface area contributed by atoms with Crippen LogP contribution in [-0.2, 0) is 6.42 Å². The molecule has 3 heteroatoms. The number of fused-ring (bicyclic) bond motifs is 3. The van der Waals surface area contributed by atoms with E-state index in [2.05, 4.69) is 29.4 Å². The summed E-state index contributed by atoms with van der Waals surface area (Å²) in [6, 6.07) is 4.62. The SMILES string of the molecule is CCCCCCCCCCCc1cc2[nH]c3sccc3c2s1. The van der Waals surface area contributed by atoms with Crippen molar-refractivity contribution in [2.75, 3.05) is 0 Å². The van der Waals surface area contributed by atoms with E-state index in [0.29, 0.717) is 0 Å². The second kappa shape index (κ2) is 8.16. The number of thiophene rings is 2. The highest BCUT2D eigenvalue weighted by atomic mass is 32.1. The zero-order valence-electron chi connectivity index (χ0n) is 13.6. The first-order valence-corrected chi connectivity index (χ1v) is 10.6. The van der Waals surface area contributed by atoms with E-state index in [-0.39, 0.29) is 0 Å². The molecule has 0 radical (unpaired) electrons. The molecule has 0 atom stereocenters. The first-order valence-electron chi connectivity index (χ1n) is 8.86. The zero-order valence-corrected chi connectivity index (χ0v) is 15.3. The van der Waals surface area contributed by atoms with Crippen LogP contribution in [0.3, 0.4) is 0 Å². The normalized spacial score (nSPS) is 11.9. The van der Waals surface area contributed by atoms with Gasteiger partial charge in [-0.3, -0.25) is 0 Å². The molecule has 120 valence electrons. The Kier molecular flexibility index (Phi) is 5.96. The van der Waals surface area contributed by atoms with Gasteiger partial charge in [-0.15, -0.1) is 22.7 Å². The first-order chi connectivity index (χ1) is 10.9. The van der Waals surface area contributed by atoms with E-state index in [9.17, 15) is 0 Å². The predicted octanol–water partition coefficient (Wildman–Crippen LogP) is 7.52. The van der Waals surface area contributed by atoms with Gasteiger partial charge in [0, 0.05) is 10.3 Å². The minimum Gasteiger partial charge on any atom is -0.346 e. The van der Waals surface area contributed by atoms with E-state index in [1.165, 1.54) is 84.6 Å². The van der Waals surface area contributed by atoms with Gasteiger partial charge in [0.05, 0.1) is 10.2 Å². The van der Waals surface area contributed by atoms with E-state index in [1.807, 2.05) is 22.7 Å². The average Bonchev–Trinajstić information content (AvgIpc) is 3.17. The molecule has 0 aliphatic carbocycles. The molecule has 3 aromatic rings. The zero-order chi connectivity index (χ0) is 15.2. The topological polar surface area (TPSA) is 15.8 Å². The molecule has 0 amide bonds. The second-order valence-electron chi connectivity index (χ2n) is 6.32.